The van der Waals surface area contributed by atoms with E-state index >= 15 is 0 Å². The van der Waals surface area contributed by atoms with Crippen molar-refractivity contribution in [3.63, 3.8) is 0 Å². The molecule has 0 aromatic carbocycles. The van der Waals surface area contributed by atoms with Crippen LogP contribution in [0.1, 0.15) is 47.1 Å². The molecule has 1 amide bonds. The lowest BCUT2D eigenvalue weighted by molar-refractivity contribution is 0.0845. The maximum Gasteiger partial charge on any atom is 0.270 e. The zero-order valence-electron chi connectivity index (χ0n) is 16.7. The molecular weight excluding hydrogens is 370 g/mol. The van der Waals surface area contributed by atoms with E-state index in [9.17, 15) is 4.79 Å². The molecular formula is C21H27N5O3. The summed E-state index contributed by atoms with van der Waals surface area (Å²) in [5, 5.41) is 3.09. The van der Waals surface area contributed by atoms with Crippen LogP contribution >= 0.6 is 0 Å². The van der Waals surface area contributed by atoms with Crippen molar-refractivity contribution < 1.29 is 14.3 Å². The summed E-state index contributed by atoms with van der Waals surface area (Å²) in [4.78, 5) is 28.4. The van der Waals surface area contributed by atoms with Crippen molar-refractivity contribution in [1.29, 1.82) is 0 Å². The normalized spacial score (nSPS) is 20.0. The van der Waals surface area contributed by atoms with Gasteiger partial charge in [-0.1, -0.05) is 6.07 Å². The van der Waals surface area contributed by atoms with Crippen LogP contribution in [0.25, 0.3) is 0 Å². The summed E-state index contributed by atoms with van der Waals surface area (Å²) in [5.41, 5.74) is 2.24. The molecule has 1 atom stereocenters. The Hall–Kier alpha value is -2.58. The molecule has 2 aliphatic heterocycles. The van der Waals surface area contributed by atoms with Gasteiger partial charge in [-0.25, -0.2) is 15.0 Å². The lowest BCUT2D eigenvalue weighted by Crippen LogP contribution is -2.37. The van der Waals surface area contributed by atoms with Crippen molar-refractivity contribution in [2.75, 3.05) is 38.3 Å². The molecule has 4 heterocycles. The Kier molecular flexibility index (Phi) is 6.31. The molecule has 0 saturated carbocycles. The van der Waals surface area contributed by atoms with Crippen LogP contribution in [0.5, 0.6) is 0 Å². The highest BCUT2D eigenvalue weighted by Gasteiger charge is 2.27. The van der Waals surface area contributed by atoms with Gasteiger partial charge in [-0.15, -0.1) is 0 Å². The maximum atomic E-state index is 12.6. The van der Waals surface area contributed by atoms with Crippen molar-refractivity contribution in [2.24, 2.45) is 0 Å². The van der Waals surface area contributed by atoms with Gasteiger partial charge in [-0.2, -0.15) is 0 Å². The van der Waals surface area contributed by atoms with Gasteiger partial charge in [0.15, 0.2) is 0 Å². The molecule has 0 bridgehead atoms. The fourth-order valence-corrected chi connectivity index (χ4v) is 3.89. The van der Waals surface area contributed by atoms with E-state index in [4.69, 9.17) is 14.5 Å². The summed E-state index contributed by atoms with van der Waals surface area (Å²) in [6, 6.07) is 7.45. The first-order chi connectivity index (χ1) is 14.2. The molecule has 8 nitrogen and oxygen atoms in total. The Morgan fingerprint density at radius 2 is 2.10 bits per heavy atom. The first-order valence-electron chi connectivity index (χ1n) is 10.1. The summed E-state index contributed by atoms with van der Waals surface area (Å²) in [5.74, 6) is 1.02. The largest absolute Gasteiger partial charge is 0.381 e. The Labute approximate surface area is 170 Å². The first kappa shape index (κ1) is 19.7. The number of aromatic nitrogens is 3. The second kappa shape index (κ2) is 9.28. The number of carbonyl (C=O) groups is 1. The first-order valence-corrected chi connectivity index (χ1v) is 10.1. The summed E-state index contributed by atoms with van der Waals surface area (Å²) in [6.45, 7) is 3.49. The van der Waals surface area contributed by atoms with Crippen LogP contribution in [0.15, 0.2) is 30.5 Å². The van der Waals surface area contributed by atoms with Gasteiger partial charge in [0.2, 0.25) is 5.95 Å². The van der Waals surface area contributed by atoms with Crippen LogP contribution in [0.3, 0.4) is 0 Å². The number of rotatable bonds is 6. The number of nitrogens with zero attached hydrogens (tertiary/aromatic N) is 4. The van der Waals surface area contributed by atoms with Crippen LogP contribution < -0.4 is 10.2 Å². The van der Waals surface area contributed by atoms with E-state index in [2.05, 4.69) is 20.2 Å². The summed E-state index contributed by atoms with van der Waals surface area (Å²) in [7, 11) is 1.61. The Bertz CT molecular complexity index is 841. The third-order valence-electron chi connectivity index (χ3n) is 5.44. The minimum Gasteiger partial charge on any atom is -0.381 e. The molecule has 154 valence electrons. The highest BCUT2D eigenvalue weighted by Crippen LogP contribution is 2.26. The van der Waals surface area contributed by atoms with E-state index in [0.717, 1.165) is 56.4 Å². The molecule has 29 heavy (non-hydrogen) atoms. The number of pyridine rings is 1. The summed E-state index contributed by atoms with van der Waals surface area (Å²) in [6.07, 6.45) is 4.70. The van der Waals surface area contributed by atoms with Crippen LogP contribution in [0, 0.1) is 0 Å². The Balaban J connectivity index is 1.37. The number of nitrogens with one attached hydrogen (secondary N) is 1. The van der Waals surface area contributed by atoms with Crippen LogP contribution in [0.4, 0.5) is 5.95 Å². The number of hydrogen-bond donors (Lipinski definition) is 1. The number of hydrogen-bond acceptors (Lipinski definition) is 7. The summed E-state index contributed by atoms with van der Waals surface area (Å²) < 4.78 is 10.5. The van der Waals surface area contributed by atoms with Crippen molar-refractivity contribution in [2.45, 2.75) is 37.8 Å². The Morgan fingerprint density at radius 1 is 1.24 bits per heavy atom. The molecule has 2 aromatic rings. The van der Waals surface area contributed by atoms with Gasteiger partial charge >= 0.3 is 0 Å². The fourth-order valence-electron chi connectivity index (χ4n) is 3.89. The van der Waals surface area contributed by atoms with Crippen molar-refractivity contribution in [3.05, 3.63) is 47.5 Å². The van der Waals surface area contributed by atoms with E-state index in [-0.39, 0.29) is 11.9 Å². The van der Waals surface area contributed by atoms with Gasteiger partial charge in [-0.3, -0.25) is 4.79 Å². The van der Waals surface area contributed by atoms with Crippen LogP contribution in [0.2, 0.25) is 0 Å². The van der Waals surface area contributed by atoms with Gasteiger partial charge in [0.25, 0.3) is 5.91 Å². The average Bonchev–Trinajstić information content (AvgIpc) is 3.23. The number of methoxy groups -OCH3 is 1. The smallest absolute Gasteiger partial charge is 0.270 e. The molecule has 8 heteroatoms. The summed E-state index contributed by atoms with van der Waals surface area (Å²) >= 11 is 0. The molecule has 1 unspecified atom stereocenters. The predicted octanol–water partition coefficient (Wildman–Crippen LogP) is 1.92. The Morgan fingerprint density at radius 3 is 2.93 bits per heavy atom. The van der Waals surface area contributed by atoms with E-state index < -0.39 is 0 Å². The van der Waals surface area contributed by atoms with Gasteiger partial charge in [-0.05, 0) is 37.5 Å². The molecule has 0 spiro atoms. The van der Waals surface area contributed by atoms with Gasteiger partial charge in [0, 0.05) is 57.3 Å². The highest BCUT2D eigenvalue weighted by molar-refractivity contribution is 5.92. The van der Waals surface area contributed by atoms with E-state index in [0.29, 0.717) is 24.8 Å². The van der Waals surface area contributed by atoms with E-state index in [1.807, 2.05) is 24.4 Å². The molecule has 1 N–H and O–H groups in total. The lowest BCUT2D eigenvalue weighted by Gasteiger charge is -2.23. The minimum absolute atomic E-state index is 0.0470. The van der Waals surface area contributed by atoms with E-state index in [1.165, 1.54) is 0 Å². The van der Waals surface area contributed by atoms with E-state index in [1.54, 1.807) is 13.2 Å². The second-order valence-electron chi connectivity index (χ2n) is 7.52. The standard InChI is InChI=1S/C21H27N5O3/c1-28-14-17-3-2-4-19(23-17)20(27)24-16-6-10-26(13-16)21-22-9-5-18(25-21)15-7-11-29-12-8-15/h2-5,9,15-16H,6-8,10-14H2,1H3,(H,24,27). The van der Waals surface area contributed by atoms with Crippen LogP contribution in [-0.4, -0.2) is 60.3 Å². The lowest BCUT2D eigenvalue weighted by atomic mass is 9.96. The molecule has 4 rings (SSSR count). The molecule has 2 fully saturated rings. The molecule has 2 aliphatic rings. The average molecular weight is 397 g/mol. The van der Waals surface area contributed by atoms with Crippen molar-refractivity contribution in [1.82, 2.24) is 20.3 Å². The molecule has 2 saturated heterocycles. The SMILES string of the molecule is COCc1cccc(C(=O)NC2CCN(c3nccc(C4CCOCC4)n3)C2)n1. The van der Waals surface area contributed by atoms with Gasteiger partial charge in [0.05, 0.1) is 12.3 Å². The number of amides is 1. The van der Waals surface area contributed by atoms with Gasteiger partial charge < -0.3 is 19.7 Å². The quantitative estimate of drug-likeness (QED) is 0.796. The predicted molar refractivity (Wildman–Crippen MR) is 108 cm³/mol. The van der Waals surface area contributed by atoms with Gasteiger partial charge in [0.1, 0.15) is 5.69 Å². The third-order valence-corrected chi connectivity index (χ3v) is 5.44. The van der Waals surface area contributed by atoms with Crippen molar-refractivity contribution >= 4 is 11.9 Å². The molecule has 0 radical (unpaired) electrons. The van der Waals surface area contributed by atoms with Crippen molar-refractivity contribution in [3.8, 4) is 0 Å². The second-order valence-corrected chi connectivity index (χ2v) is 7.52. The zero-order valence-corrected chi connectivity index (χ0v) is 16.7. The maximum absolute atomic E-state index is 12.6. The van der Waals surface area contributed by atoms with Crippen LogP contribution in [-0.2, 0) is 16.1 Å². The molecule has 0 aliphatic carbocycles. The zero-order chi connectivity index (χ0) is 20.1. The minimum atomic E-state index is -0.160. The number of anilines is 1. The number of carbonyl (C=O) groups excluding carboxylic acids is 1. The topological polar surface area (TPSA) is 89.5 Å². The number of ether oxygens (including phenoxy) is 2. The molecule has 2 aromatic heterocycles. The highest BCUT2D eigenvalue weighted by atomic mass is 16.5. The third kappa shape index (κ3) is 4.89. The fraction of sp³-hybridized carbons (Fsp3) is 0.524. The monoisotopic (exact) mass is 397 g/mol.